The molecule has 0 atom stereocenters. The van der Waals surface area contributed by atoms with Gasteiger partial charge in [-0.3, -0.25) is 0 Å². The Hall–Kier alpha value is -1.90. The number of aromatic nitrogens is 2. The number of halogens is 4. The molecule has 0 spiro atoms. The van der Waals surface area contributed by atoms with E-state index in [4.69, 9.17) is 0 Å². The summed E-state index contributed by atoms with van der Waals surface area (Å²) in [6.07, 6.45) is 1.32. The highest BCUT2D eigenvalue weighted by Gasteiger charge is 2.27. The quantitative estimate of drug-likeness (QED) is 0.754. The van der Waals surface area contributed by atoms with Crippen LogP contribution in [0.5, 0.6) is 0 Å². The third-order valence-corrected chi connectivity index (χ3v) is 5.48. The first-order valence-electron chi connectivity index (χ1n) is 7.76. The van der Waals surface area contributed by atoms with Crippen molar-refractivity contribution in [1.82, 2.24) is 9.78 Å². The minimum Gasteiger partial charge on any atom is -0.237 e. The fraction of sp³-hybridized carbons (Fsp3) is 0.438. The average Bonchev–Trinajstić information content (AvgIpc) is 3.14. The number of benzene rings is 1. The van der Waals surface area contributed by atoms with Crippen molar-refractivity contribution < 1.29 is 26.0 Å². The summed E-state index contributed by atoms with van der Waals surface area (Å²) in [4.78, 5) is -1.04. The SMILES string of the molecule is CS(=O)(=O)c1c(F)cc(-n2nc(C(F)F)cc2C2CCCC2)cc1F. The van der Waals surface area contributed by atoms with Gasteiger partial charge in [-0.1, -0.05) is 12.8 Å². The molecular weight excluding hydrogens is 360 g/mol. The molecule has 9 heteroatoms. The van der Waals surface area contributed by atoms with Crippen LogP contribution in [-0.4, -0.2) is 24.5 Å². The maximum absolute atomic E-state index is 14.2. The molecule has 0 unspecified atom stereocenters. The predicted molar refractivity (Wildman–Crippen MR) is 82.8 cm³/mol. The van der Waals surface area contributed by atoms with E-state index in [1.807, 2.05) is 0 Å². The molecule has 2 aromatic rings. The van der Waals surface area contributed by atoms with E-state index in [1.54, 1.807) is 0 Å². The zero-order chi connectivity index (χ0) is 18.4. The first-order valence-corrected chi connectivity index (χ1v) is 9.65. The summed E-state index contributed by atoms with van der Waals surface area (Å²) in [6.45, 7) is 0. The average molecular weight is 376 g/mol. The van der Waals surface area contributed by atoms with Gasteiger partial charge >= 0.3 is 0 Å². The van der Waals surface area contributed by atoms with Gasteiger partial charge in [-0.05, 0) is 18.9 Å². The van der Waals surface area contributed by atoms with Gasteiger partial charge in [-0.15, -0.1) is 0 Å². The van der Waals surface area contributed by atoms with Gasteiger partial charge in [0.15, 0.2) is 9.84 Å². The maximum atomic E-state index is 14.2. The zero-order valence-corrected chi connectivity index (χ0v) is 14.2. The smallest absolute Gasteiger partial charge is 0.237 e. The number of rotatable bonds is 4. The van der Waals surface area contributed by atoms with Gasteiger partial charge in [0.25, 0.3) is 6.43 Å². The molecular formula is C16H16F4N2O2S. The van der Waals surface area contributed by atoms with Crippen LogP contribution in [0.25, 0.3) is 5.69 Å². The lowest BCUT2D eigenvalue weighted by atomic mass is 10.0. The number of alkyl halides is 2. The van der Waals surface area contributed by atoms with Gasteiger partial charge in [0.1, 0.15) is 22.2 Å². The number of hydrogen-bond acceptors (Lipinski definition) is 3. The van der Waals surface area contributed by atoms with Crippen molar-refractivity contribution in [3.8, 4) is 5.69 Å². The van der Waals surface area contributed by atoms with E-state index in [2.05, 4.69) is 5.10 Å². The summed E-state index contributed by atoms with van der Waals surface area (Å²) in [5.41, 5.74) is -0.134. The molecule has 0 aliphatic heterocycles. The van der Waals surface area contributed by atoms with Crippen molar-refractivity contribution in [2.75, 3.05) is 6.26 Å². The fourth-order valence-corrected chi connectivity index (χ4v) is 4.09. The fourth-order valence-electron chi connectivity index (χ4n) is 3.26. The molecule has 136 valence electrons. The first kappa shape index (κ1) is 17.9. The van der Waals surface area contributed by atoms with E-state index in [-0.39, 0.29) is 11.6 Å². The van der Waals surface area contributed by atoms with Crippen molar-refractivity contribution in [3.05, 3.63) is 41.2 Å². The van der Waals surface area contributed by atoms with Crippen LogP contribution in [-0.2, 0) is 9.84 Å². The maximum Gasteiger partial charge on any atom is 0.282 e. The summed E-state index contributed by atoms with van der Waals surface area (Å²) in [6, 6.07) is 2.86. The number of hydrogen-bond donors (Lipinski definition) is 0. The first-order chi connectivity index (χ1) is 11.7. The third-order valence-electron chi connectivity index (χ3n) is 4.35. The Bertz CT molecular complexity index is 880. The van der Waals surface area contributed by atoms with Crippen LogP contribution < -0.4 is 0 Å². The number of sulfone groups is 1. The van der Waals surface area contributed by atoms with Crippen LogP contribution >= 0.6 is 0 Å². The van der Waals surface area contributed by atoms with Crippen molar-refractivity contribution in [2.24, 2.45) is 0 Å². The highest BCUT2D eigenvalue weighted by molar-refractivity contribution is 7.90. The van der Waals surface area contributed by atoms with Crippen molar-refractivity contribution >= 4 is 9.84 Å². The summed E-state index contributed by atoms with van der Waals surface area (Å²) in [5, 5.41) is 3.78. The second-order valence-electron chi connectivity index (χ2n) is 6.20. The zero-order valence-electron chi connectivity index (χ0n) is 13.3. The molecule has 3 rings (SSSR count). The predicted octanol–water partition coefficient (Wildman–Crippen LogP) is 4.15. The molecule has 4 nitrogen and oxygen atoms in total. The molecule has 1 fully saturated rings. The molecule has 1 saturated carbocycles. The van der Waals surface area contributed by atoms with Gasteiger partial charge in [0.2, 0.25) is 0 Å². The summed E-state index contributed by atoms with van der Waals surface area (Å²) < 4.78 is 78.5. The monoisotopic (exact) mass is 376 g/mol. The second-order valence-corrected chi connectivity index (χ2v) is 8.15. The van der Waals surface area contributed by atoms with Gasteiger partial charge in [-0.2, -0.15) is 5.10 Å². The van der Waals surface area contributed by atoms with E-state index in [0.717, 1.165) is 42.5 Å². The number of nitrogens with zero attached hydrogens (tertiary/aromatic N) is 2. The topological polar surface area (TPSA) is 52.0 Å². The Morgan fingerprint density at radius 1 is 1.12 bits per heavy atom. The molecule has 1 heterocycles. The Balaban J connectivity index is 2.16. The molecule has 1 aromatic carbocycles. The van der Waals surface area contributed by atoms with Gasteiger partial charge in [0, 0.05) is 30.0 Å². The molecule has 0 saturated heterocycles. The molecule has 25 heavy (non-hydrogen) atoms. The molecule has 0 bridgehead atoms. The van der Waals surface area contributed by atoms with Crippen molar-refractivity contribution in [1.29, 1.82) is 0 Å². The Labute approximate surface area is 142 Å². The van der Waals surface area contributed by atoms with Gasteiger partial charge < -0.3 is 0 Å². The van der Waals surface area contributed by atoms with Gasteiger partial charge in [0.05, 0.1) is 5.69 Å². The highest BCUT2D eigenvalue weighted by atomic mass is 32.2. The largest absolute Gasteiger partial charge is 0.282 e. The lowest BCUT2D eigenvalue weighted by Gasteiger charge is -2.14. The molecule has 0 amide bonds. The third kappa shape index (κ3) is 3.42. The summed E-state index contributed by atoms with van der Waals surface area (Å²) in [5.74, 6) is -2.58. The van der Waals surface area contributed by atoms with E-state index in [0.29, 0.717) is 11.9 Å². The van der Waals surface area contributed by atoms with E-state index in [9.17, 15) is 26.0 Å². The lowest BCUT2D eigenvalue weighted by Crippen LogP contribution is -2.10. The second kappa shape index (κ2) is 6.44. The molecule has 0 N–H and O–H groups in total. The van der Waals surface area contributed by atoms with Crippen LogP contribution in [0.3, 0.4) is 0 Å². The van der Waals surface area contributed by atoms with E-state index < -0.39 is 38.5 Å². The van der Waals surface area contributed by atoms with Gasteiger partial charge in [-0.25, -0.2) is 30.7 Å². The van der Waals surface area contributed by atoms with E-state index >= 15 is 0 Å². The molecule has 0 radical (unpaired) electrons. The summed E-state index contributed by atoms with van der Waals surface area (Å²) in [7, 11) is -4.10. The standard InChI is InChI=1S/C16H16F4N2O2S/c1-25(23,24)15-11(17)6-10(7-12(15)18)22-14(9-4-2-3-5-9)8-13(21-22)16(19)20/h6-9,16H,2-5H2,1H3. The Kier molecular flexibility index (Phi) is 4.61. The van der Waals surface area contributed by atoms with Crippen molar-refractivity contribution in [2.45, 2.75) is 42.9 Å². The van der Waals surface area contributed by atoms with Crippen LogP contribution in [0, 0.1) is 11.6 Å². The van der Waals surface area contributed by atoms with Crippen LogP contribution in [0.2, 0.25) is 0 Å². The lowest BCUT2D eigenvalue weighted by molar-refractivity contribution is 0.145. The Morgan fingerprint density at radius 3 is 2.16 bits per heavy atom. The highest BCUT2D eigenvalue weighted by Crippen LogP contribution is 2.37. The normalized spacial score (nSPS) is 16.1. The van der Waals surface area contributed by atoms with Crippen molar-refractivity contribution in [3.63, 3.8) is 0 Å². The summed E-state index contributed by atoms with van der Waals surface area (Å²) >= 11 is 0. The molecule has 1 aromatic heterocycles. The van der Waals surface area contributed by atoms with Crippen LogP contribution in [0.4, 0.5) is 17.6 Å². The van der Waals surface area contributed by atoms with E-state index in [1.165, 1.54) is 6.07 Å². The van der Waals surface area contributed by atoms with Crippen LogP contribution in [0.1, 0.15) is 49.4 Å². The minimum atomic E-state index is -4.10. The molecule has 1 aliphatic rings. The minimum absolute atomic E-state index is 0.0271. The Morgan fingerprint density at radius 2 is 1.68 bits per heavy atom. The van der Waals surface area contributed by atoms with Crippen LogP contribution in [0.15, 0.2) is 23.1 Å². The molecule has 1 aliphatic carbocycles.